The van der Waals surface area contributed by atoms with E-state index < -0.39 is 0 Å². The Kier molecular flexibility index (Phi) is 4.28. The zero-order valence-electron chi connectivity index (χ0n) is 9.94. The highest BCUT2D eigenvalue weighted by Crippen LogP contribution is 2.07. The molecule has 0 aromatic carbocycles. The van der Waals surface area contributed by atoms with E-state index in [1.807, 2.05) is 42.6 Å². The van der Waals surface area contributed by atoms with Crippen molar-refractivity contribution in [3.63, 3.8) is 0 Å². The monoisotopic (exact) mass is 205 g/mol. The number of hydrogen-bond acceptors (Lipinski definition) is 2. The van der Waals surface area contributed by atoms with Crippen molar-refractivity contribution in [2.45, 2.75) is 34.1 Å². The van der Waals surface area contributed by atoms with E-state index in [4.69, 9.17) is 0 Å². The molecular weight excluding hydrogens is 186 g/mol. The minimum absolute atomic E-state index is 0.618. The molecule has 0 radical (unpaired) electrons. The molecule has 15 heavy (non-hydrogen) atoms. The summed E-state index contributed by atoms with van der Waals surface area (Å²) in [4.78, 5) is 0. The molecule has 2 rings (SSSR count). The molecule has 2 aromatic heterocycles. The summed E-state index contributed by atoms with van der Waals surface area (Å²) in [5, 5.41) is 8.23. The van der Waals surface area contributed by atoms with Crippen LogP contribution in [0.2, 0.25) is 0 Å². The van der Waals surface area contributed by atoms with Crippen molar-refractivity contribution in [1.29, 1.82) is 0 Å². The van der Waals surface area contributed by atoms with Crippen LogP contribution < -0.4 is 0 Å². The lowest BCUT2D eigenvalue weighted by Crippen LogP contribution is -1.99. The normalized spacial score (nSPS) is 10.2. The molecule has 0 saturated carbocycles. The Morgan fingerprint density at radius 1 is 1.20 bits per heavy atom. The molecule has 2 heterocycles. The summed E-state index contributed by atoms with van der Waals surface area (Å²) in [6.07, 6.45) is 2.98. The number of pyridine rings is 1. The van der Waals surface area contributed by atoms with Crippen LogP contribution in [0.25, 0.3) is 5.65 Å². The van der Waals surface area contributed by atoms with E-state index in [0.717, 1.165) is 17.9 Å². The molecule has 0 aliphatic rings. The van der Waals surface area contributed by atoms with Crippen molar-refractivity contribution in [2.24, 2.45) is 5.92 Å². The fourth-order valence-corrected chi connectivity index (χ4v) is 1.40. The van der Waals surface area contributed by atoms with Crippen molar-refractivity contribution in [3.8, 4) is 0 Å². The van der Waals surface area contributed by atoms with Gasteiger partial charge >= 0.3 is 0 Å². The van der Waals surface area contributed by atoms with Gasteiger partial charge in [0.25, 0.3) is 0 Å². The van der Waals surface area contributed by atoms with Crippen molar-refractivity contribution in [3.05, 3.63) is 30.2 Å². The van der Waals surface area contributed by atoms with Crippen molar-refractivity contribution >= 4 is 5.65 Å². The van der Waals surface area contributed by atoms with E-state index >= 15 is 0 Å². The van der Waals surface area contributed by atoms with Crippen LogP contribution in [0.4, 0.5) is 0 Å². The maximum Gasteiger partial charge on any atom is 0.160 e. The zero-order valence-corrected chi connectivity index (χ0v) is 9.94. The Hall–Kier alpha value is -1.38. The Morgan fingerprint density at radius 2 is 1.93 bits per heavy atom. The summed E-state index contributed by atoms with van der Waals surface area (Å²) >= 11 is 0. The summed E-state index contributed by atoms with van der Waals surface area (Å²) in [5.41, 5.74) is 0.929. The van der Waals surface area contributed by atoms with Crippen LogP contribution >= 0.6 is 0 Å². The molecule has 0 aliphatic heterocycles. The minimum Gasteiger partial charge on any atom is -0.286 e. The molecule has 0 fully saturated rings. The maximum atomic E-state index is 4.15. The van der Waals surface area contributed by atoms with Gasteiger partial charge in [-0.3, -0.25) is 4.40 Å². The Balaban J connectivity index is 0.000000531. The molecule has 0 atom stereocenters. The summed E-state index contributed by atoms with van der Waals surface area (Å²) < 4.78 is 2.04. The van der Waals surface area contributed by atoms with Crippen LogP contribution in [0, 0.1) is 5.92 Å². The van der Waals surface area contributed by atoms with Crippen LogP contribution in [-0.2, 0) is 6.42 Å². The molecule has 0 N–H and O–H groups in total. The lowest BCUT2D eigenvalue weighted by Gasteiger charge is -2.01. The second kappa shape index (κ2) is 5.49. The molecule has 82 valence electrons. The third-order valence-corrected chi connectivity index (χ3v) is 1.98. The molecular formula is C12H19N3. The molecule has 0 saturated heterocycles. The van der Waals surface area contributed by atoms with Gasteiger partial charge < -0.3 is 0 Å². The largest absolute Gasteiger partial charge is 0.286 e. The third kappa shape index (κ3) is 2.78. The number of hydrogen-bond donors (Lipinski definition) is 0. The van der Waals surface area contributed by atoms with E-state index in [9.17, 15) is 0 Å². The SMILES string of the molecule is CC.CC(C)Cc1nnc2ccccn12. The molecule has 3 nitrogen and oxygen atoms in total. The highest BCUT2D eigenvalue weighted by atomic mass is 15.2. The van der Waals surface area contributed by atoms with Gasteiger partial charge in [-0.15, -0.1) is 10.2 Å². The average Bonchev–Trinajstić information content (AvgIpc) is 2.64. The Morgan fingerprint density at radius 3 is 2.60 bits per heavy atom. The Bertz CT molecular complexity index is 404. The average molecular weight is 205 g/mol. The van der Waals surface area contributed by atoms with Gasteiger partial charge in [-0.25, -0.2) is 0 Å². The van der Waals surface area contributed by atoms with Crippen LogP contribution in [-0.4, -0.2) is 14.6 Å². The highest BCUT2D eigenvalue weighted by Gasteiger charge is 2.05. The smallest absolute Gasteiger partial charge is 0.160 e. The lowest BCUT2D eigenvalue weighted by atomic mass is 10.1. The molecule has 3 heteroatoms. The number of fused-ring (bicyclic) bond motifs is 1. The first-order valence-electron chi connectivity index (χ1n) is 5.56. The summed E-state index contributed by atoms with van der Waals surface area (Å²) in [7, 11) is 0. The van der Waals surface area contributed by atoms with E-state index in [0.29, 0.717) is 5.92 Å². The lowest BCUT2D eigenvalue weighted by molar-refractivity contribution is 0.616. The molecule has 2 aromatic rings. The summed E-state index contributed by atoms with van der Waals surface area (Å²) in [6.45, 7) is 8.37. The minimum atomic E-state index is 0.618. The van der Waals surface area contributed by atoms with Gasteiger partial charge in [-0.2, -0.15) is 0 Å². The third-order valence-electron chi connectivity index (χ3n) is 1.98. The van der Waals surface area contributed by atoms with Gasteiger partial charge in [0.05, 0.1) is 0 Å². The Labute approximate surface area is 91.2 Å². The van der Waals surface area contributed by atoms with Gasteiger partial charge in [0.1, 0.15) is 5.82 Å². The first-order valence-corrected chi connectivity index (χ1v) is 5.56. The van der Waals surface area contributed by atoms with E-state index in [-0.39, 0.29) is 0 Å². The molecule has 0 amide bonds. The second-order valence-corrected chi connectivity index (χ2v) is 3.64. The van der Waals surface area contributed by atoms with Gasteiger partial charge in [-0.05, 0) is 18.1 Å². The van der Waals surface area contributed by atoms with E-state index in [1.165, 1.54) is 0 Å². The quantitative estimate of drug-likeness (QED) is 0.754. The number of rotatable bonds is 2. The standard InChI is InChI=1S/C10H13N3.C2H6/c1-8(2)7-10-12-11-9-5-3-4-6-13(9)10;1-2/h3-6,8H,7H2,1-2H3;1-2H3. The fourth-order valence-electron chi connectivity index (χ4n) is 1.40. The van der Waals surface area contributed by atoms with Crippen LogP contribution in [0.5, 0.6) is 0 Å². The number of aromatic nitrogens is 3. The molecule has 0 aliphatic carbocycles. The maximum absolute atomic E-state index is 4.15. The highest BCUT2D eigenvalue weighted by molar-refractivity contribution is 5.36. The van der Waals surface area contributed by atoms with Crippen LogP contribution in [0.1, 0.15) is 33.5 Å². The van der Waals surface area contributed by atoms with Gasteiger partial charge in [0.2, 0.25) is 0 Å². The fraction of sp³-hybridized carbons (Fsp3) is 0.500. The molecule has 0 spiro atoms. The van der Waals surface area contributed by atoms with Gasteiger partial charge in [0.15, 0.2) is 5.65 Å². The second-order valence-electron chi connectivity index (χ2n) is 3.64. The van der Waals surface area contributed by atoms with Gasteiger partial charge in [0, 0.05) is 12.6 Å². The van der Waals surface area contributed by atoms with Crippen molar-refractivity contribution in [1.82, 2.24) is 14.6 Å². The first-order chi connectivity index (χ1) is 7.27. The molecule has 0 unspecified atom stereocenters. The summed E-state index contributed by atoms with van der Waals surface area (Å²) in [6, 6.07) is 5.94. The summed E-state index contributed by atoms with van der Waals surface area (Å²) in [5.74, 6) is 1.67. The zero-order chi connectivity index (χ0) is 11.3. The topological polar surface area (TPSA) is 30.2 Å². The predicted octanol–water partition coefficient (Wildman–Crippen LogP) is 2.95. The van der Waals surface area contributed by atoms with Gasteiger partial charge in [-0.1, -0.05) is 33.8 Å². The van der Waals surface area contributed by atoms with Crippen LogP contribution in [0.15, 0.2) is 24.4 Å². The van der Waals surface area contributed by atoms with Crippen molar-refractivity contribution in [2.75, 3.05) is 0 Å². The number of nitrogens with zero attached hydrogens (tertiary/aromatic N) is 3. The van der Waals surface area contributed by atoms with E-state index in [2.05, 4.69) is 24.0 Å². The van der Waals surface area contributed by atoms with Crippen LogP contribution in [0.3, 0.4) is 0 Å². The first kappa shape index (κ1) is 11.7. The predicted molar refractivity (Wildman–Crippen MR) is 62.9 cm³/mol. The van der Waals surface area contributed by atoms with Crippen molar-refractivity contribution < 1.29 is 0 Å². The molecule has 0 bridgehead atoms. The van der Waals surface area contributed by atoms with E-state index in [1.54, 1.807) is 0 Å².